The average molecular weight is 367 g/mol. The van der Waals surface area contributed by atoms with E-state index in [-0.39, 0.29) is 24.4 Å². The van der Waals surface area contributed by atoms with Crippen LogP contribution in [0.25, 0.3) is 0 Å². The summed E-state index contributed by atoms with van der Waals surface area (Å²) in [7, 11) is 1.99. The number of hydrogen-bond donors (Lipinski definition) is 1. The van der Waals surface area contributed by atoms with Gasteiger partial charge in [0.25, 0.3) is 0 Å². The number of carbonyl (C=O) groups is 1. The largest absolute Gasteiger partial charge is 0.373 e. The number of amides is 1. The first kappa shape index (κ1) is 20.2. The number of hydrogen-bond acceptors (Lipinski definition) is 3. The SMILES string of the molecule is CNCC1CCCN(C(=O)C2CCCOC2c2ccc(C)cc2)C1.Cl. The average Bonchev–Trinajstić information content (AvgIpc) is 2.62. The van der Waals surface area contributed by atoms with Gasteiger partial charge in [-0.2, -0.15) is 0 Å². The van der Waals surface area contributed by atoms with Crippen molar-refractivity contribution in [1.29, 1.82) is 0 Å². The third-order valence-corrected chi connectivity index (χ3v) is 5.37. The van der Waals surface area contributed by atoms with Crippen molar-refractivity contribution in [2.24, 2.45) is 11.8 Å². The highest BCUT2D eigenvalue weighted by molar-refractivity contribution is 5.85. The van der Waals surface area contributed by atoms with Crippen molar-refractivity contribution < 1.29 is 9.53 Å². The Kier molecular flexibility index (Phi) is 7.73. The monoisotopic (exact) mass is 366 g/mol. The second kappa shape index (κ2) is 9.56. The highest BCUT2D eigenvalue weighted by Gasteiger charge is 2.36. The smallest absolute Gasteiger partial charge is 0.228 e. The molecule has 3 rings (SSSR count). The van der Waals surface area contributed by atoms with Crippen LogP contribution in [0.1, 0.15) is 42.9 Å². The topological polar surface area (TPSA) is 41.6 Å². The van der Waals surface area contributed by atoms with Gasteiger partial charge in [-0.1, -0.05) is 29.8 Å². The third kappa shape index (κ3) is 4.96. The molecule has 2 aliphatic rings. The van der Waals surface area contributed by atoms with Crippen molar-refractivity contribution in [1.82, 2.24) is 10.2 Å². The molecule has 0 spiro atoms. The number of aryl methyl sites for hydroxylation is 1. The predicted octanol–water partition coefficient (Wildman–Crippen LogP) is 3.34. The summed E-state index contributed by atoms with van der Waals surface area (Å²) in [4.78, 5) is 15.3. The molecule has 140 valence electrons. The van der Waals surface area contributed by atoms with Crippen LogP contribution in [0.3, 0.4) is 0 Å². The molecular formula is C20H31ClN2O2. The number of rotatable bonds is 4. The highest BCUT2D eigenvalue weighted by Crippen LogP contribution is 2.35. The fraction of sp³-hybridized carbons (Fsp3) is 0.650. The van der Waals surface area contributed by atoms with E-state index in [1.54, 1.807) is 0 Å². The number of nitrogens with zero attached hydrogens (tertiary/aromatic N) is 1. The molecular weight excluding hydrogens is 336 g/mol. The first-order chi connectivity index (χ1) is 11.7. The molecule has 2 saturated heterocycles. The summed E-state index contributed by atoms with van der Waals surface area (Å²) in [5.74, 6) is 0.839. The van der Waals surface area contributed by atoms with Gasteiger partial charge in [0.2, 0.25) is 5.91 Å². The number of halogens is 1. The number of benzene rings is 1. The van der Waals surface area contributed by atoms with Crippen molar-refractivity contribution in [3.63, 3.8) is 0 Å². The molecule has 2 fully saturated rings. The van der Waals surface area contributed by atoms with E-state index < -0.39 is 0 Å². The Morgan fingerprint density at radius 2 is 2.00 bits per heavy atom. The van der Waals surface area contributed by atoms with E-state index in [1.165, 1.54) is 12.0 Å². The van der Waals surface area contributed by atoms with Crippen molar-refractivity contribution >= 4 is 18.3 Å². The fourth-order valence-corrected chi connectivity index (χ4v) is 4.07. The molecule has 0 aliphatic carbocycles. The van der Waals surface area contributed by atoms with E-state index in [9.17, 15) is 4.79 Å². The molecule has 25 heavy (non-hydrogen) atoms. The molecule has 5 heteroatoms. The van der Waals surface area contributed by atoms with Crippen LogP contribution in [0.5, 0.6) is 0 Å². The maximum absolute atomic E-state index is 13.2. The predicted molar refractivity (Wildman–Crippen MR) is 103 cm³/mol. The molecule has 3 atom stereocenters. The summed E-state index contributed by atoms with van der Waals surface area (Å²) in [6, 6.07) is 8.45. The van der Waals surface area contributed by atoms with E-state index in [0.29, 0.717) is 11.8 Å². The Morgan fingerprint density at radius 1 is 1.24 bits per heavy atom. The van der Waals surface area contributed by atoms with Crippen LogP contribution >= 0.6 is 12.4 Å². The van der Waals surface area contributed by atoms with E-state index in [0.717, 1.165) is 51.1 Å². The van der Waals surface area contributed by atoms with Crippen LogP contribution in [0.2, 0.25) is 0 Å². The van der Waals surface area contributed by atoms with Crippen LogP contribution in [0.4, 0.5) is 0 Å². The number of likely N-dealkylation sites (tertiary alicyclic amines) is 1. The minimum Gasteiger partial charge on any atom is -0.373 e. The van der Waals surface area contributed by atoms with Crippen LogP contribution in [0.15, 0.2) is 24.3 Å². The second-order valence-corrected chi connectivity index (χ2v) is 7.30. The molecule has 1 aromatic rings. The second-order valence-electron chi connectivity index (χ2n) is 7.30. The summed E-state index contributed by atoms with van der Waals surface area (Å²) >= 11 is 0. The van der Waals surface area contributed by atoms with Crippen LogP contribution in [-0.4, -0.2) is 44.1 Å². The van der Waals surface area contributed by atoms with Crippen molar-refractivity contribution in [3.05, 3.63) is 35.4 Å². The maximum Gasteiger partial charge on any atom is 0.228 e. The first-order valence-corrected chi connectivity index (χ1v) is 9.30. The quantitative estimate of drug-likeness (QED) is 0.888. The molecule has 2 heterocycles. The van der Waals surface area contributed by atoms with Crippen LogP contribution < -0.4 is 5.32 Å². The normalized spacial score (nSPS) is 26.8. The van der Waals surface area contributed by atoms with Crippen LogP contribution in [-0.2, 0) is 9.53 Å². The minimum absolute atomic E-state index is 0. The summed E-state index contributed by atoms with van der Waals surface area (Å²) in [6.45, 7) is 5.62. The lowest BCUT2D eigenvalue weighted by atomic mass is 9.87. The molecule has 0 bridgehead atoms. The van der Waals surface area contributed by atoms with Crippen LogP contribution in [0, 0.1) is 18.8 Å². The lowest BCUT2D eigenvalue weighted by Crippen LogP contribution is -2.47. The molecule has 0 radical (unpaired) electrons. The summed E-state index contributed by atoms with van der Waals surface area (Å²) in [5.41, 5.74) is 2.38. The van der Waals surface area contributed by atoms with E-state index in [4.69, 9.17) is 4.74 Å². The zero-order valence-electron chi connectivity index (χ0n) is 15.4. The van der Waals surface area contributed by atoms with Gasteiger partial charge in [0.05, 0.1) is 12.0 Å². The van der Waals surface area contributed by atoms with E-state index in [2.05, 4.69) is 41.4 Å². The van der Waals surface area contributed by atoms with E-state index >= 15 is 0 Å². The Bertz CT molecular complexity index is 547. The van der Waals surface area contributed by atoms with Gasteiger partial charge in [-0.3, -0.25) is 4.79 Å². The first-order valence-electron chi connectivity index (χ1n) is 9.30. The zero-order chi connectivity index (χ0) is 16.9. The maximum atomic E-state index is 13.2. The van der Waals surface area contributed by atoms with Crippen molar-refractivity contribution in [2.75, 3.05) is 33.3 Å². The van der Waals surface area contributed by atoms with Gasteiger partial charge in [-0.15, -0.1) is 12.4 Å². The Morgan fingerprint density at radius 3 is 2.72 bits per heavy atom. The minimum atomic E-state index is -0.0865. The van der Waals surface area contributed by atoms with Crippen molar-refractivity contribution in [3.8, 4) is 0 Å². The fourth-order valence-electron chi connectivity index (χ4n) is 4.07. The lowest BCUT2D eigenvalue weighted by Gasteiger charge is -2.38. The number of carbonyl (C=O) groups excluding carboxylic acids is 1. The van der Waals surface area contributed by atoms with Gasteiger partial charge < -0.3 is 15.0 Å². The molecule has 2 aliphatic heterocycles. The number of nitrogens with one attached hydrogen (secondary N) is 1. The zero-order valence-corrected chi connectivity index (χ0v) is 16.2. The van der Waals surface area contributed by atoms with Gasteiger partial charge in [-0.05, 0) is 57.7 Å². The number of ether oxygens (including phenoxy) is 1. The summed E-state index contributed by atoms with van der Waals surface area (Å²) in [6.07, 6.45) is 4.15. The Labute approximate surface area is 157 Å². The summed E-state index contributed by atoms with van der Waals surface area (Å²) in [5, 5.41) is 3.25. The standard InChI is InChI=1S/C20H30N2O2.ClH/c1-15-7-9-17(10-8-15)19-18(6-4-12-24-19)20(23)22-11-3-5-16(14-22)13-21-2;/h7-10,16,18-19,21H,3-6,11-14H2,1-2H3;1H. The Balaban J connectivity index is 0.00000225. The van der Waals surface area contributed by atoms with Crippen molar-refractivity contribution in [2.45, 2.75) is 38.7 Å². The molecule has 0 saturated carbocycles. The molecule has 1 amide bonds. The molecule has 0 aromatic heterocycles. The van der Waals surface area contributed by atoms with Gasteiger partial charge in [0, 0.05) is 19.7 Å². The van der Waals surface area contributed by atoms with Gasteiger partial charge >= 0.3 is 0 Å². The van der Waals surface area contributed by atoms with E-state index in [1.807, 2.05) is 7.05 Å². The summed E-state index contributed by atoms with van der Waals surface area (Å²) < 4.78 is 6.04. The van der Waals surface area contributed by atoms with Gasteiger partial charge in [-0.25, -0.2) is 0 Å². The van der Waals surface area contributed by atoms with Gasteiger partial charge in [0.15, 0.2) is 0 Å². The third-order valence-electron chi connectivity index (χ3n) is 5.37. The number of piperidine rings is 1. The molecule has 4 nitrogen and oxygen atoms in total. The molecule has 3 unspecified atom stereocenters. The molecule has 1 aromatic carbocycles. The highest BCUT2D eigenvalue weighted by atomic mass is 35.5. The lowest BCUT2D eigenvalue weighted by molar-refractivity contribution is -0.147. The molecule has 1 N–H and O–H groups in total. The Hall–Kier alpha value is -1.10. The van der Waals surface area contributed by atoms with Gasteiger partial charge in [0.1, 0.15) is 0 Å².